The lowest BCUT2D eigenvalue weighted by atomic mass is 10.2. The van der Waals surface area contributed by atoms with Gasteiger partial charge in [0.15, 0.2) is 0 Å². The Morgan fingerprint density at radius 1 is 1.50 bits per heavy atom. The van der Waals surface area contributed by atoms with Gasteiger partial charge in [-0.25, -0.2) is 4.98 Å². The van der Waals surface area contributed by atoms with Gasteiger partial charge < -0.3 is 10.7 Å². The Kier molecular flexibility index (Phi) is 8.17. The zero-order valence-corrected chi connectivity index (χ0v) is 10.7. The van der Waals surface area contributed by atoms with E-state index in [2.05, 4.69) is 9.97 Å². The minimum Gasteiger partial charge on any atom is -0.342 e. The van der Waals surface area contributed by atoms with E-state index < -0.39 is 0 Å². The molecule has 3 heteroatoms. The minimum atomic E-state index is 0.652. The summed E-state index contributed by atoms with van der Waals surface area (Å²) in [6.07, 6.45) is 8.72. The van der Waals surface area contributed by atoms with Crippen LogP contribution in [0.4, 0.5) is 0 Å². The molecule has 90 valence electrons. The van der Waals surface area contributed by atoms with Gasteiger partial charge in [-0.15, -0.1) is 0 Å². The molecule has 0 aliphatic carbocycles. The fraction of sp³-hybridized carbons (Fsp3) is 0.462. The largest absolute Gasteiger partial charge is 0.342 e. The SMILES string of the molecule is C/C=C\C=C(/C)c1ncc(CCN)[nH]1.CC. The number of imidazole rings is 1. The van der Waals surface area contributed by atoms with Crippen molar-refractivity contribution in [2.45, 2.75) is 34.1 Å². The number of nitrogens with zero attached hydrogens (tertiary/aromatic N) is 1. The average molecular weight is 221 g/mol. The monoisotopic (exact) mass is 221 g/mol. The molecular formula is C13H23N3. The number of aromatic amines is 1. The zero-order valence-electron chi connectivity index (χ0n) is 10.7. The second kappa shape index (κ2) is 8.92. The Balaban J connectivity index is 0.00000106. The lowest BCUT2D eigenvalue weighted by molar-refractivity contribution is 0.933. The summed E-state index contributed by atoms with van der Waals surface area (Å²) in [4.78, 5) is 7.50. The van der Waals surface area contributed by atoms with Crippen molar-refractivity contribution >= 4 is 5.57 Å². The zero-order chi connectivity index (χ0) is 12.4. The topological polar surface area (TPSA) is 54.7 Å². The summed E-state index contributed by atoms with van der Waals surface area (Å²) in [5.41, 5.74) is 7.68. The fourth-order valence-corrected chi connectivity index (χ4v) is 1.16. The highest BCUT2D eigenvalue weighted by atomic mass is 14.9. The van der Waals surface area contributed by atoms with Crippen molar-refractivity contribution in [3.63, 3.8) is 0 Å². The average Bonchev–Trinajstić information content (AvgIpc) is 2.78. The van der Waals surface area contributed by atoms with Gasteiger partial charge in [-0.1, -0.05) is 32.1 Å². The summed E-state index contributed by atoms with van der Waals surface area (Å²) in [5.74, 6) is 0.923. The Morgan fingerprint density at radius 3 is 2.75 bits per heavy atom. The second-order valence-corrected chi connectivity index (χ2v) is 3.17. The molecule has 0 bridgehead atoms. The molecule has 1 aromatic heterocycles. The molecule has 0 amide bonds. The van der Waals surface area contributed by atoms with Crippen molar-refractivity contribution in [3.05, 3.63) is 35.9 Å². The smallest absolute Gasteiger partial charge is 0.133 e. The first-order valence-corrected chi connectivity index (χ1v) is 5.81. The first-order chi connectivity index (χ1) is 7.77. The molecule has 0 fully saturated rings. The van der Waals surface area contributed by atoms with Crippen LogP contribution in [0.1, 0.15) is 39.2 Å². The Labute approximate surface area is 98.5 Å². The summed E-state index contributed by atoms with van der Waals surface area (Å²) < 4.78 is 0. The quantitative estimate of drug-likeness (QED) is 0.768. The number of allylic oxidation sites excluding steroid dienone is 4. The van der Waals surface area contributed by atoms with Crippen LogP contribution >= 0.6 is 0 Å². The van der Waals surface area contributed by atoms with E-state index in [1.807, 2.05) is 52.1 Å². The van der Waals surface area contributed by atoms with E-state index in [0.717, 1.165) is 23.5 Å². The van der Waals surface area contributed by atoms with Crippen LogP contribution in [0.2, 0.25) is 0 Å². The molecule has 0 radical (unpaired) electrons. The maximum absolute atomic E-state index is 5.45. The van der Waals surface area contributed by atoms with Crippen molar-refractivity contribution in [1.82, 2.24) is 9.97 Å². The first-order valence-electron chi connectivity index (χ1n) is 5.81. The van der Waals surface area contributed by atoms with E-state index in [1.165, 1.54) is 0 Å². The number of nitrogens with one attached hydrogen (secondary N) is 1. The molecule has 0 unspecified atom stereocenters. The molecule has 0 spiro atoms. The second-order valence-electron chi connectivity index (χ2n) is 3.17. The number of H-pyrrole nitrogens is 1. The van der Waals surface area contributed by atoms with Crippen LogP contribution in [0.25, 0.3) is 5.57 Å². The van der Waals surface area contributed by atoms with E-state index in [4.69, 9.17) is 5.73 Å². The maximum Gasteiger partial charge on any atom is 0.133 e. The summed E-state index contributed by atoms with van der Waals surface area (Å²) in [5, 5.41) is 0. The van der Waals surface area contributed by atoms with E-state index in [9.17, 15) is 0 Å². The van der Waals surface area contributed by atoms with Gasteiger partial charge in [-0.2, -0.15) is 0 Å². The Hall–Kier alpha value is -1.35. The van der Waals surface area contributed by atoms with Gasteiger partial charge in [-0.3, -0.25) is 0 Å². The van der Waals surface area contributed by atoms with Crippen LogP contribution in [0.5, 0.6) is 0 Å². The summed E-state index contributed by atoms with van der Waals surface area (Å²) in [7, 11) is 0. The highest BCUT2D eigenvalue weighted by Crippen LogP contribution is 2.09. The van der Waals surface area contributed by atoms with Gasteiger partial charge in [0, 0.05) is 18.3 Å². The van der Waals surface area contributed by atoms with Crippen molar-refractivity contribution in [2.24, 2.45) is 5.73 Å². The van der Waals surface area contributed by atoms with Crippen LogP contribution in [0, 0.1) is 0 Å². The van der Waals surface area contributed by atoms with Gasteiger partial charge in [0.1, 0.15) is 5.82 Å². The summed E-state index contributed by atoms with van der Waals surface area (Å²) >= 11 is 0. The van der Waals surface area contributed by atoms with E-state index in [0.29, 0.717) is 6.54 Å². The predicted octanol–water partition coefficient (Wildman–Crippen LogP) is 2.92. The first kappa shape index (κ1) is 14.6. The number of hydrogen-bond donors (Lipinski definition) is 2. The lowest BCUT2D eigenvalue weighted by Crippen LogP contribution is -2.02. The molecule has 3 N–H and O–H groups in total. The van der Waals surface area contributed by atoms with Gasteiger partial charge >= 0.3 is 0 Å². The number of hydrogen-bond acceptors (Lipinski definition) is 2. The molecule has 0 aliphatic heterocycles. The van der Waals surface area contributed by atoms with Crippen molar-refractivity contribution in [2.75, 3.05) is 6.54 Å². The van der Waals surface area contributed by atoms with Gasteiger partial charge in [0.25, 0.3) is 0 Å². The van der Waals surface area contributed by atoms with E-state index in [1.54, 1.807) is 0 Å². The lowest BCUT2D eigenvalue weighted by Gasteiger charge is -1.94. The van der Waals surface area contributed by atoms with Crippen molar-refractivity contribution in [1.29, 1.82) is 0 Å². The third-order valence-electron chi connectivity index (χ3n) is 1.95. The van der Waals surface area contributed by atoms with Crippen LogP contribution in [0.15, 0.2) is 24.4 Å². The van der Waals surface area contributed by atoms with Gasteiger partial charge in [0.2, 0.25) is 0 Å². The maximum atomic E-state index is 5.45. The third kappa shape index (κ3) is 4.94. The standard InChI is InChI=1S/C11H17N3.C2H6/c1-3-4-5-9(2)11-13-8-10(14-11)6-7-12;1-2/h3-5,8H,6-7,12H2,1-2H3,(H,13,14);1-2H3/b4-3-,9-5+;. The molecule has 0 saturated carbocycles. The minimum absolute atomic E-state index is 0.652. The number of aromatic nitrogens is 2. The third-order valence-corrected chi connectivity index (χ3v) is 1.95. The molecule has 16 heavy (non-hydrogen) atoms. The molecule has 1 aromatic rings. The van der Waals surface area contributed by atoms with Crippen molar-refractivity contribution in [3.8, 4) is 0 Å². The predicted molar refractivity (Wildman–Crippen MR) is 71.2 cm³/mol. The van der Waals surface area contributed by atoms with E-state index >= 15 is 0 Å². The molecule has 0 saturated heterocycles. The Morgan fingerprint density at radius 2 is 2.19 bits per heavy atom. The van der Waals surface area contributed by atoms with E-state index in [-0.39, 0.29) is 0 Å². The molecule has 1 heterocycles. The molecule has 1 rings (SSSR count). The molecule has 0 aromatic carbocycles. The van der Waals surface area contributed by atoms with Crippen LogP contribution in [0.3, 0.4) is 0 Å². The van der Waals surface area contributed by atoms with Crippen LogP contribution in [-0.2, 0) is 6.42 Å². The van der Waals surface area contributed by atoms with Gasteiger partial charge in [-0.05, 0) is 26.0 Å². The fourth-order valence-electron chi connectivity index (χ4n) is 1.16. The van der Waals surface area contributed by atoms with Crippen LogP contribution < -0.4 is 5.73 Å². The molecular weight excluding hydrogens is 198 g/mol. The highest BCUT2D eigenvalue weighted by molar-refractivity contribution is 5.59. The van der Waals surface area contributed by atoms with Gasteiger partial charge in [0.05, 0.1) is 0 Å². The number of nitrogens with two attached hydrogens (primary N) is 1. The van der Waals surface area contributed by atoms with Crippen molar-refractivity contribution < 1.29 is 0 Å². The number of rotatable bonds is 4. The molecule has 0 aliphatic rings. The molecule has 0 atom stereocenters. The molecule has 3 nitrogen and oxygen atoms in total. The normalized spacial score (nSPS) is 11.4. The summed E-state index contributed by atoms with van der Waals surface area (Å²) in [6.45, 7) is 8.68. The highest BCUT2D eigenvalue weighted by Gasteiger charge is 2.00. The summed E-state index contributed by atoms with van der Waals surface area (Å²) in [6, 6.07) is 0. The Bertz CT molecular complexity index is 335. The van der Waals surface area contributed by atoms with Crippen LogP contribution in [-0.4, -0.2) is 16.5 Å².